The van der Waals surface area contributed by atoms with Gasteiger partial charge < -0.3 is 10.2 Å². The zero-order chi connectivity index (χ0) is 24.6. The van der Waals surface area contributed by atoms with Crippen LogP contribution in [0.1, 0.15) is 46.4 Å². The van der Waals surface area contributed by atoms with Gasteiger partial charge in [-0.05, 0) is 60.6 Å². The second-order valence-corrected chi connectivity index (χ2v) is 8.80. The molecule has 0 atom stereocenters. The van der Waals surface area contributed by atoms with Gasteiger partial charge in [0.2, 0.25) is 11.8 Å². The van der Waals surface area contributed by atoms with Gasteiger partial charge in [-0.15, -0.1) is 0 Å². The van der Waals surface area contributed by atoms with Crippen molar-refractivity contribution in [1.29, 1.82) is 0 Å². The third-order valence-corrected chi connectivity index (χ3v) is 6.41. The summed E-state index contributed by atoms with van der Waals surface area (Å²) in [6.07, 6.45) is 7.64. The number of nitrogens with one attached hydrogen (secondary N) is 1. The topological polar surface area (TPSA) is 62.3 Å². The smallest absolute Gasteiger partial charge is 0.244 e. The number of amides is 2. The molecule has 1 aromatic heterocycles. The second-order valence-electron chi connectivity index (χ2n) is 8.80. The van der Waals surface area contributed by atoms with E-state index >= 15 is 0 Å². The van der Waals surface area contributed by atoms with Crippen molar-refractivity contribution >= 4 is 17.9 Å². The van der Waals surface area contributed by atoms with Crippen molar-refractivity contribution in [3.63, 3.8) is 0 Å². The number of aromatic nitrogens is 1. The Balaban J connectivity index is 1.33. The summed E-state index contributed by atoms with van der Waals surface area (Å²) in [6, 6.07) is 16.5. The molecule has 0 bridgehead atoms. The normalized spacial score (nSPS) is 13.0. The molecule has 0 fully saturated rings. The Hall–Kier alpha value is -3.80. The number of hydrogen-bond donors (Lipinski definition) is 1. The van der Waals surface area contributed by atoms with E-state index in [1.54, 1.807) is 18.2 Å². The summed E-state index contributed by atoms with van der Waals surface area (Å²) in [5, 5.41) is 2.89. The molecule has 4 rings (SSSR count). The number of rotatable bonds is 8. The molecule has 5 nitrogen and oxygen atoms in total. The zero-order valence-corrected chi connectivity index (χ0v) is 20.0. The van der Waals surface area contributed by atoms with Gasteiger partial charge in [0.1, 0.15) is 5.82 Å². The van der Waals surface area contributed by atoms with Crippen LogP contribution in [0.3, 0.4) is 0 Å². The maximum Gasteiger partial charge on any atom is 0.244 e. The molecule has 3 aromatic rings. The molecule has 0 saturated heterocycles. The SMILES string of the molecule is Cc1ncc2c(c1CNC(=O)/C=C/c1ccccc1F)CCN(C(=O)CCCc1ccccc1)C2. The van der Waals surface area contributed by atoms with E-state index in [1.807, 2.05) is 36.2 Å². The first-order chi connectivity index (χ1) is 17.0. The van der Waals surface area contributed by atoms with Crippen molar-refractivity contribution in [2.45, 2.75) is 45.7 Å². The third kappa shape index (κ3) is 6.41. The Morgan fingerprint density at radius 2 is 1.89 bits per heavy atom. The van der Waals surface area contributed by atoms with Crippen molar-refractivity contribution in [3.8, 4) is 0 Å². The Morgan fingerprint density at radius 1 is 1.11 bits per heavy atom. The number of nitrogens with zero attached hydrogens (tertiary/aromatic N) is 2. The Bertz CT molecular complexity index is 1220. The summed E-state index contributed by atoms with van der Waals surface area (Å²) in [7, 11) is 0. The molecule has 0 spiro atoms. The average molecular weight is 472 g/mol. The van der Waals surface area contributed by atoms with Crippen molar-refractivity contribution in [2.75, 3.05) is 6.54 Å². The van der Waals surface area contributed by atoms with Crippen molar-refractivity contribution in [3.05, 3.63) is 106 Å². The molecule has 1 N–H and O–H groups in total. The molecule has 35 heavy (non-hydrogen) atoms. The molecular weight excluding hydrogens is 441 g/mol. The highest BCUT2D eigenvalue weighted by molar-refractivity contribution is 5.91. The highest BCUT2D eigenvalue weighted by atomic mass is 19.1. The Morgan fingerprint density at radius 3 is 2.69 bits per heavy atom. The molecule has 2 amide bonds. The van der Waals surface area contributed by atoms with E-state index in [-0.39, 0.29) is 17.6 Å². The van der Waals surface area contributed by atoms with Crippen LogP contribution < -0.4 is 5.32 Å². The number of carbonyl (C=O) groups is 2. The average Bonchev–Trinajstić information content (AvgIpc) is 2.88. The fourth-order valence-corrected chi connectivity index (χ4v) is 4.43. The van der Waals surface area contributed by atoms with Crippen LogP contribution in [0.2, 0.25) is 0 Å². The minimum Gasteiger partial charge on any atom is -0.348 e. The molecule has 1 aliphatic heterocycles. The number of pyridine rings is 1. The number of carbonyl (C=O) groups excluding carboxylic acids is 2. The Labute approximate surface area is 205 Å². The van der Waals surface area contributed by atoms with Gasteiger partial charge in [0.25, 0.3) is 0 Å². The predicted molar refractivity (Wildman–Crippen MR) is 135 cm³/mol. The van der Waals surface area contributed by atoms with Gasteiger partial charge in [0.05, 0.1) is 0 Å². The molecule has 6 heteroatoms. The lowest BCUT2D eigenvalue weighted by molar-refractivity contribution is -0.132. The van der Waals surface area contributed by atoms with E-state index < -0.39 is 0 Å². The van der Waals surface area contributed by atoms with Crippen LogP contribution in [0.15, 0.2) is 66.9 Å². The molecule has 0 unspecified atom stereocenters. The summed E-state index contributed by atoms with van der Waals surface area (Å²) in [5.41, 5.74) is 5.66. The fourth-order valence-electron chi connectivity index (χ4n) is 4.43. The van der Waals surface area contributed by atoms with Gasteiger partial charge in [-0.2, -0.15) is 0 Å². The van der Waals surface area contributed by atoms with Crippen LogP contribution in [0.5, 0.6) is 0 Å². The van der Waals surface area contributed by atoms with E-state index in [0.29, 0.717) is 31.6 Å². The van der Waals surface area contributed by atoms with E-state index in [0.717, 1.165) is 41.6 Å². The van der Waals surface area contributed by atoms with Crippen molar-refractivity contribution in [1.82, 2.24) is 15.2 Å². The number of fused-ring (bicyclic) bond motifs is 1. The van der Waals surface area contributed by atoms with E-state index in [1.165, 1.54) is 23.8 Å². The monoisotopic (exact) mass is 471 g/mol. The molecule has 2 aromatic carbocycles. The minimum atomic E-state index is -0.368. The molecule has 2 heterocycles. The second kappa shape index (κ2) is 11.6. The van der Waals surface area contributed by atoms with Gasteiger partial charge in [0.15, 0.2) is 0 Å². The maximum absolute atomic E-state index is 13.7. The molecule has 180 valence electrons. The van der Waals surface area contributed by atoms with E-state index in [4.69, 9.17) is 0 Å². The van der Waals surface area contributed by atoms with Crippen molar-refractivity contribution in [2.24, 2.45) is 0 Å². The summed E-state index contributed by atoms with van der Waals surface area (Å²) >= 11 is 0. The lowest BCUT2D eigenvalue weighted by Gasteiger charge is -2.30. The van der Waals surface area contributed by atoms with Gasteiger partial charge >= 0.3 is 0 Å². The number of hydrogen-bond acceptors (Lipinski definition) is 3. The molecule has 0 radical (unpaired) electrons. The summed E-state index contributed by atoms with van der Waals surface area (Å²) in [6.45, 7) is 3.47. The number of aryl methyl sites for hydroxylation is 2. The first kappa shape index (κ1) is 24.3. The van der Waals surface area contributed by atoms with Gasteiger partial charge in [-0.25, -0.2) is 4.39 Å². The van der Waals surface area contributed by atoms with Crippen LogP contribution in [0.4, 0.5) is 4.39 Å². The lowest BCUT2D eigenvalue weighted by atomic mass is 9.94. The van der Waals surface area contributed by atoms with E-state index in [2.05, 4.69) is 22.4 Å². The van der Waals surface area contributed by atoms with E-state index in [9.17, 15) is 14.0 Å². The summed E-state index contributed by atoms with van der Waals surface area (Å²) in [5.74, 6) is -0.496. The van der Waals surface area contributed by atoms with Gasteiger partial charge in [-0.3, -0.25) is 14.6 Å². The lowest BCUT2D eigenvalue weighted by Crippen LogP contribution is -2.37. The fraction of sp³-hybridized carbons (Fsp3) is 0.276. The highest BCUT2D eigenvalue weighted by Crippen LogP contribution is 2.24. The van der Waals surface area contributed by atoms with Crippen LogP contribution in [-0.2, 0) is 35.5 Å². The highest BCUT2D eigenvalue weighted by Gasteiger charge is 2.23. The molecular formula is C29H30FN3O2. The first-order valence-corrected chi connectivity index (χ1v) is 12.0. The van der Waals surface area contributed by atoms with Gasteiger partial charge in [-0.1, -0.05) is 48.5 Å². The standard InChI is InChI=1S/C29H30FN3O2/c1-21-26(19-32-28(34)15-14-23-11-5-6-12-27(23)30)25-16-17-33(20-24(25)18-31-21)29(35)13-7-10-22-8-3-2-4-9-22/h2-6,8-9,11-12,14-15,18H,7,10,13,16-17,19-20H2,1H3,(H,32,34)/b15-14+. The first-order valence-electron chi connectivity index (χ1n) is 12.0. The largest absolute Gasteiger partial charge is 0.348 e. The third-order valence-electron chi connectivity index (χ3n) is 6.41. The van der Waals surface area contributed by atoms with Crippen LogP contribution in [-0.4, -0.2) is 28.2 Å². The van der Waals surface area contributed by atoms with Crippen LogP contribution >= 0.6 is 0 Å². The van der Waals surface area contributed by atoms with Crippen LogP contribution in [0, 0.1) is 12.7 Å². The minimum absolute atomic E-state index is 0.167. The predicted octanol–water partition coefficient (Wildman–Crippen LogP) is 4.77. The quantitative estimate of drug-likeness (QED) is 0.482. The van der Waals surface area contributed by atoms with Gasteiger partial charge in [0, 0.05) is 49.6 Å². The Kier molecular flexibility index (Phi) is 8.03. The van der Waals surface area contributed by atoms with Crippen LogP contribution in [0.25, 0.3) is 6.08 Å². The molecule has 0 saturated carbocycles. The summed E-state index contributed by atoms with van der Waals surface area (Å²) in [4.78, 5) is 31.5. The number of halogens is 1. The molecule has 0 aliphatic carbocycles. The van der Waals surface area contributed by atoms with Crippen molar-refractivity contribution < 1.29 is 14.0 Å². The zero-order valence-electron chi connectivity index (χ0n) is 20.0. The number of benzene rings is 2. The molecule has 1 aliphatic rings. The maximum atomic E-state index is 13.7. The summed E-state index contributed by atoms with van der Waals surface area (Å²) < 4.78 is 13.7.